The molecule has 0 spiro atoms. The Morgan fingerprint density at radius 1 is 1.39 bits per heavy atom. The number of hydrogen-bond donors (Lipinski definition) is 2. The van der Waals surface area contributed by atoms with Gasteiger partial charge < -0.3 is 19.4 Å². The fourth-order valence-electron chi connectivity index (χ4n) is 3.90. The van der Waals surface area contributed by atoms with Crippen LogP contribution in [0.4, 0.5) is 5.69 Å². The lowest BCUT2D eigenvalue weighted by atomic mass is 9.87. The quantitative estimate of drug-likeness (QED) is 0.596. The number of Topliss-reactive ketones (excluding diaryl/α,β-unsaturated/α-hetero) is 1. The first kappa shape index (κ1) is 18.7. The van der Waals surface area contributed by atoms with E-state index in [1.807, 2.05) is 13.1 Å². The highest BCUT2D eigenvalue weighted by molar-refractivity contribution is 5.97. The number of benzene rings is 2. The molecule has 2 aromatic carbocycles. The summed E-state index contributed by atoms with van der Waals surface area (Å²) in [5.74, 6) is 1.72. The molecule has 148 valence electrons. The first-order valence-electron chi connectivity index (χ1n) is 9.05. The number of ketones is 1. The molecule has 0 fully saturated rings. The number of fused-ring (bicyclic) bond motifs is 2. The predicted molar refractivity (Wildman–Crippen MR) is 99.4 cm³/mol. The molecule has 2 atom stereocenters. The lowest BCUT2D eigenvalue weighted by molar-refractivity contribution is -0.991. The van der Waals surface area contributed by atoms with E-state index in [0.717, 1.165) is 24.1 Å². The molecule has 8 heteroatoms. The fourth-order valence-corrected chi connectivity index (χ4v) is 3.90. The van der Waals surface area contributed by atoms with E-state index in [2.05, 4.69) is 4.90 Å². The summed E-state index contributed by atoms with van der Waals surface area (Å²) in [6, 6.07) is 7.91. The van der Waals surface area contributed by atoms with Crippen LogP contribution >= 0.6 is 0 Å². The normalized spacial score (nSPS) is 19.2. The third-order valence-corrected chi connectivity index (χ3v) is 5.36. The Labute approximate surface area is 162 Å². The maximum absolute atomic E-state index is 13.0. The number of methoxy groups -OCH3 is 1. The van der Waals surface area contributed by atoms with Crippen molar-refractivity contribution in [2.24, 2.45) is 0 Å². The Kier molecular flexibility index (Phi) is 4.94. The van der Waals surface area contributed by atoms with Crippen LogP contribution in [-0.2, 0) is 6.42 Å². The molecule has 2 aromatic rings. The van der Waals surface area contributed by atoms with Crippen molar-refractivity contribution in [3.8, 4) is 17.2 Å². The molecule has 2 N–H and O–H groups in total. The van der Waals surface area contributed by atoms with Gasteiger partial charge in [0.1, 0.15) is 0 Å². The van der Waals surface area contributed by atoms with Gasteiger partial charge in [-0.05, 0) is 25.1 Å². The van der Waals surface area contributed by atoms with Gasteiger partial charge in [-0.2, -0.15) is 5.23 Å². The largest absolute Gasteiger partial charge is 0.595 e. The molecular weight excluding hydrogens is 364 g/mol. The van der Waals surface area contributed by atoms with E-state index in [-0.39, 0.29) is 30.7 Å². The lowest BCUT2D eigenvalue weighted by Crippen LogP contribution is -2.99. The topological polar surface area (TPSA) is 95.7 Å². The molecule has 28 heavy (non-hydrogen) atoms. The van der Waals surface area contributed by atoms with E-state index in [1.165, 1.54) is 12.1 Å². The number of nitrogens with zero attached hydrogens (tertiary/aromatic N) is 1. The molecule has 0 saturated carbocycles. The Hall–Kier alpha value is -2.65. The molecule has 0 aliphatic carbocycles. The number of carbonyl (C=O) groups excluding carboxylic acids is 1. The standard InChI is InChI=1S/C20H22N2O6/c1-21-7-6-13-9-17-19(28-11-27-17)20(26-2)18(13)15(21)10-16(23)12-4-3-5-14(8-12)22(24)25/h3-5,8-9,15,22,24H,6-7,10-11H2,1-2H3. The highest BCUT2D eigenvalue weighted by Gasteiger charge is 2.35. The second-order valence-electron chi connectivity index (χ2n) is 6.98. The average Bonchev–Trinajstić information content (AvgIpc) is 3.16. The highest BCUT2D eigenvalue weighted by atomic mass is 16.8. The lowest BCUT2D eigenvalue weighted by Gasteiger charge is -2.35. The second kappa shape index (κ2) is 7.40. The van der Waals surface area contributed by atoms with Crippen molar-refractivity contribution >= 4 is 11.5 Å². The molecule has 0 amide bonds. The molecule has 2 aliphatic heterocycles. The third kappa shape index (κ3) is 3.20. The predicted octanol–water partition coefficient (Wildman–Crippen LogP) is 1.63. The summed E-state index contributed by atoms with van der Waals surface area (Å²) in [5, 5.41) is 19.3. The van der Waals surface area contributed by atoms with Crippen LogP contribution in [-0.4, -0.2) is 43.4 Å². The molecule has 0 saturated heterocycles. The summed E-state index contributed by atoms with van der Waals surface area (Å²) in [5.41, 5.74) is 2.50. The molecule has 2 heterocycles. The summed E-state index contributed by atoms with van der Waals surface area (Å²) in [6.45, 7) is 0.943. The fraction of sp³-hybridized carbons (Fsp3) is 0.350. The third-order valence-electron chi connectivity index (χ3n) is 5.36. The summed E-state index contributed by atoms with van der Waals surface area (Å²) in [6.07, 6.45) is 1.03. The molecule has 2 aliphatic rings. The molecule has 2 unspecified atom stereocenters. The second-order valence-corrected chi connectivity index (χ2v) is 6.98. The summed E-state index contributed by atoms with van der Waals surface area (Å²) in [4.78, 5) is 15.1. The van der Waals surface area contributed by atoms with Crippen LogP contribution in [0.2, 0.25) is 0 Å². The molecule has 0 bridgehead atoms. The van der Waals surface area contributed by atoms with Gasteiger partial charge in [0.25, 0.3) is 0 Å². The van der Waals surface area contributed by atoms with Gasteiger partial charge in [-0.15, -0.1) is 0 Å². The van der Waals surface area contributed by atoms with Gasteiger partial charge in [0.05, 0.1) is 7.11 Å². The maximum Gasteiger partial charge on any atom is 0.231 e. The number of carbonyl (C=O) groups is 1. The van der Waals surface area contributed by atoms with E-state index in [0.29, 0.717) is 22.8 Å². The molecule has 0 radical (unpaired) electrons. The zero-order chi connectivity index (χ0) is 19.8. The van der Waals surface area contributed by atoms with Crippen LogP contribution in [0, 0.1) is 5.21 Å². The van der Waals surface area contributed by atoms with Crippen LogP contribution in [0.1, 0.15) is 33.9 Å². The average molecular weight is 386 g/mol. The van der Waals surface area contributed by atoms with E-state index in [9.17, 15) is 15.2 Å². The van der Waals surface area contributed by atoms with E-state index in [1.54, 1.807) is 19.2 Å². The Balaban J connectivity index is 1.70. The number of likely N-dealkylation sites (N-methyl/N-ethyl adjacent to an activating group) is 1. The maximum atomic E-state index is 13.0. The van der Waals surface area contributed by atoms with Crippen molar-refractivity contribution < 1.29 is 29.4 Å². The van der Waals surface area contributed by atoms with Gasteiger partial charge in [-0.1, -0.05) is 12.1 Å². The zero-order valence-electron chi connectivity index (χ0n) is 15.7. The smallest absolute Gasteiger partial charge is 0.231 e. The Morgan fingerprint density at radius 3 is 2.96 bits per heavy atom. The minimum absolute atomic E-state index is 0.101. The zero-order valence-corrected chi connectivity index (χ0v) is 15.7. The van der Waals surface area contributed by atoms with Crippen molar-refractivity contribution in [3.63, 3.8) is 0 Å². The number of quaternary nitrogens is 1. The number of rotatable bonds is 5. The minimum Gasteiger partial charge on any atom is -0.595 e. The van der Waals surface area contributed by atoms with Crippen molar-refractivity contribution in [2.75, 3.05) is 27.5 Å². The summed E-state index contributed by atoms with van der Waals surface area (Å²) >= 11 is 0. The van der Waals surface area contributed by atoms with Gasteiger partial charge in [0, 0.05) is 42.3 Å². The Bertz CT molecular complexity index is 914. The SMILES string of the molecule is COc1c2c(cc3c1C(CC(=O)c1cccc([NH+]([O-])O)c1)N(C)CC3)OCO2. The van der Waals surface area contributed by atoms with Crippen molar-refractivity contribution in [1.29, 1.82) is 0 Å². The number of nitrogens with one attached hydrogen (secondary N) is 1. The van der Waals surface area contributed by atoms with Crippen molar-refractivity contribution in [2.45, 2.75) is 18.9 Å². The molecule has 0 aromatic heterocycles. The number of ether oxygens (including phenoxy) is 3. The monoisotopic (exact) mass is 386 g/mol. The first-order valence-corrected chi connectivity index (χ1v) is 9.05. The van der Waals surface area contributed by atoms with E-state index in [4.69, 9.17) is 14.2 Å². The molecule has 8 nitrogen and oxygen atoms in total. The summed E-state index contributed by atoms with van der Waals surface area (Å²) < 4.78 is 16.8. The van der Waals surface area contributed by atoms with Gasteiger partial charge in [-0.3, -0.25) is 9.69 Å². The minimum atomic E-state index is -1.05. The van der Waals surface area contributed by atoms with E-state index < -0.39 is 5.23 Å². The number of hydrogen-bond acceptors (Lipinski definition) is 7. The van der Waals surface area contributed by atoms with Crippen molar-refractivity contribution in [3.05, 3.63) is 52.2 Å². The summed E-state index contributed by atoms with van der Waals surface area (Å²) in [7, 11) is 3.56. The van der Waals surface area contributed by atoms with Crippen LogP contribution in [0.15, 0.2) is 30.3 Å². The van der Waals surface area contributed by atoms with Gasteiger partial charge >= 0.3 is 0 Å². The van der Waals surface area contributed by atoms with Gasteiger partial charge in [-0.25, -0.2) is 5.21 Å². The van der Waals surface area contributed by atoms with E-state index >= 15 is 0 Å². The van der Waals surface area contributed by atoms with Crippen LogP contribution < -0.4 is 19.4 Å². The highest BCUT2D eigenvalue weighted by Crippen LogP contribution is 2.50. The molecule has 4 rings (SSSR count). The Morgan fingerprint density at radius 2 is 2.21 bits per heavy atom. The van der Waals surface area contributed by atoms with Crippen LogP contribution in [0.25, 0.3) is 0 Å². The van der Waals surface area contributed by atoms with Crippen LogP contribution in [0.5, 0.6) is 17.2 Å². The van der Waals surface area contributed by atoms with Crippen LogP contribution in [0.3, 0.4) is 0 Å². The van der Waals surface area contributed by atoms with Gasteiger partial charge in [0.2, 0.25) is 12.5 Å². The molecular formula is C20H22N2O6. The van der Waals surface area contributed by atoms with Crippen molar-refractivity contribution in [1.82, 2.24) is 4.90 Å². The van der Waals surface area contributed by atoms with Gasteiger partial charge in [0.15, 0.2) is 23.0 Å². The first-order chi connectivity index (χ1) is 13.5.